The normalized spacial score (nSPS) is 10.1. The minimum atomic E-state index is -1.02. The molecule has 0 heterocycles. The van der Waals surface area contributed by atoms with Gasteiger partial charge in [-0.3, -0.25) is 4.79 Å². The second-order valence-electron chi connectivity index (χ2n) is 1.76. The van der Waals surface area contributed by atoms with Gasteiger partial charge < -0.3 is 9.84 Å². The maximum Gasteiger partial charge on any atom is 0.328 e. The Hall–Kier alpha value is -0.970. The van der Waals surface area contributed by atoms with E-state index in [2.05, 4.69) is 4.74 Å². The molecule has 0 saturated carbocycles. The molecule has 0 amide bonds. The lowest BCUT2D eigenvalue weighted by molar-refractivity contribution is -0.139. The number of carboxylic acid groups (broad SMARTS) is 1. The molecule has 68 valence electrons. The third-order valence-corrected chi connectivity index (χ3v) is 1.54. The van der Waals surface area contributed by atoms with E-state index in [1.54, 1.807) is 6.92 Å². The zero-order valence-electron chi connectivity index (χ0n) is 6.65. The number of rotatable bonds is 5. The van der Waals surface area contributed by atoms with E-state index in [1.165, 1.54) is 5.41 Å². The Balaban J connectivity index is 3.43. The molecule has 0 aromatic heterocycles. The Morgan fingerprint density at radius 3 is 2.75 bits per heavy atom. The third kappa shape index (κ3) is 7.14. The summed E-state index contributed by atoms with van der Waals surface area (Å²) in [5.74, 6) is -1.21. The molecule has 0 bridgehead atoms. The number of hydrogen-bond donors (Lipinski definition) is 1. The predicted octanol–water partition coefficient (Wildman–Crippen LogP) is 0.881. The molecule has 0 fully saturated rings. The Morgan fingerprint density at radius 1 is 1.58 bits per heavy atom. The predicted molar refractivity (Wildman–Crippen MR) is 45.9 cm³/mol. The number of aliphatic carboxylic acids is 1. The molecule has 0 aliphatic rings. The van der Waals surface area contributed by atoms with Crippen LogP contribution in [0.3, 0.4) is 0 Å². The molecule has 5 heteroatoms. The van der Waals surface area contributed by atoms with Crippen LogP contribution in [0.2, 0.25) is 0 Å². The fourth-order valence-electron chi connectivity index (χ4n) is 0.425. The van der Waals surface area contributed by atoms with Crippen molar-refractivity contribution in [3.63, 3.8) is 0 Å². The zero-order chi connectivity index (χ0) is 9.40. The van der Waals surface area contributed by atoms with Crippen LogP contribution in [0.5, 0.6) is 0 Å². The van der Waals surface area contributed by atoms with Crippen LogP contribution < -0.4 is 0 Å². The van der Waals surface area contributed by atoms with Gasteiger partial charge in [0.1, 0.15) is 0 Å². The van der Waals surface area contributed by atoms with E-state index in [9.17, 15) is 9.59 Å². The molecule has 0 aromatic carbocycles. The largest absolute Gasteiger partial charge is 0.478 e. The van der Waals surface area contributed by atoms with Crippen molar-refractivity contribution in [1.29, 1.82) is 0 Å². The van der Waals surface area contributed by atoms with Gasteiger partial charge in [-0.25, -0.2) is 4.79 Å². The smallest absolute Gasteiger partial charge is 0.328 e. The summed E-state index contributed by atoms with van der Waals surface area (Å²) in [6, 6.07) is 0. The molecule has 0 radical (unpaired) electrons. The van der Waals surface area contributed by atoms with E-state index in [0.717, 1.165) is 17.8 Å². The van der Waals surface area contributed by atoms with Gasteiger partial charge in [-0.1, -0.05) is 0 Å². The maximum absolute atomic E-state index is 10.7. The van der Waals surface area contributed by atoms with Gasteiger partial charge in [-0.15, -0.1) is 11.8 Å². The molecule has 0 rings (SSSR count). The molecule has 0 atom stereocenters. The molecule has 0 saturated heterocycles. The van der Waals surface area contributed by atoms with Crippen molar-refractivity contribution in [1.82, 2.24) is 0 Å². The second kappa shape index (κ2) is 6.72. The van der Waals surface area contributed by atoms with Crippen molar-refractivity contribution in [2.24, 2.45) is 0 Å². The highest BCUT2D eigenvalue weighted by Gasteiger charge is 1.98. The van der Waals surface area contributed by atoms with Crippen molar-refractivity contribution >= 4 is 23.7 Å². The molecule has 0 aliphatic heterocycles. The molecule has 0 unspecified atom stereocenters. The van der Waals surface area contributed by atoms with Crippen LogP contribution in [0.25, 0.3) is 0 Å². The Morgan fingerprint density at radius 2 is 2.25 bits per heavy atom. The van der Waals surface area contributed by atoms with E-state index >= 15 is 0 Å². The van der Waals surface area contributed by atoms with Crippen molar-refractivity contribution < 1.29 is 19.4 Å². The summed E-state index contributed by atoms with van der Waals surface area (Å²) in [5, 5.41) is 9.51. The number of carbonyl (C=O) groups is 2. The zero-order valence-corrected chi connectivity index (χ0v) is 7.47. The summed E-state index contributed by atoms with van der Waals surface area (Å²) < 4.78 is 4.61. The van der Waals surface area contributed by atoms with Gasteiger partial charge in [0.2, 0.25) is 0 Å². The van der Waals surface area contributed by atoms with Gasteiger partial charge >= 0.3 is 11.9 Å². The molecule has 0 aromatic rings. The van der Waals surface area contributed by atoms with Gasteiger partial charge in [0, 0.05) is 6.08 Å². The number of thioether (sulfide) groups is 1. The van der Waals surface area contributed by atoms with Gasteiger partial charge in [0.15, 0.2) is 0 Å². The highest BCUT2D eigenvalue weighted by Crippen LogP contribution is 2.01. The third-order valence-electron chi connectivity index (χ3n) is 0.813. The summed E-state index contributed by atoms with van der Waals surface area (Å²) in [6.07, 6.45) is 0.976. The van der Waals surface area contributed by atoms with Crippen molar-refractivity contribution in [3.8, 4) is 0 Å². The molecule has 12 heavy (non-hydrogen) atoms. The molecular formula is C7H10O4S. The summed E-state index contributed by atoms with van der Waals surface area (Å²) in [5.41, 5.74) is 0. The summed E-state index contributed by atoms with van der Waals surface area (Å²) in [7, 11) is 0. The first-order chi connectivity index (χ1) is 5.66. The van der Waals surface area contributed by atoms with E-state index in [4.69, 9.17) is 5.11 Å². The Bertz CT molecular complexity index is 188. The van der Waals surface area contributed by atoms with Crippen LogP contribution in [-0.2, 0) is 14.3 Å². The number of hydrogen-bond acceptors (Lipinski definition) is 4. The molecular weight excluding hydrogens is 180 g/mol. The molecule has 0 aliphatic carbocycles. The maximum atomic E-state index is 10.7. The molecule has 1 N–H and O–H groups in total. The Labute approximate surface area is 74.6 Å². The van der Waals surface area contributed by atoms with Crippen LogP contribution in [0.4, 0.5) is 0 Å². The topological polar surface area (TPSA) is 63.6 Å². The highest BCUT2D eigenvalue weighted by atomic mass is 32.2. The molecule has 0 spiro atoms. The van der Waals surface area contributed by atoms with E-state index in [-0.39, 0.29) is 11.7 Å². The van der Waals surface area contributed by atoms with E-state index < -0.39 is 5.97 Å². The van der Waals surface area contributed by atoms with E-state index in [1.807, 2.05) is 0 Å². The van der Waals surface area contributed by atoms with Crippen LogP contribution in [0, 0.1) is 0 Å². The standard InChI is InChI=1S/C7H10O4S/c1-2-11-7(10)5-12-4-3-6(8)9/h3-4H,2,5H2,1H3,(H,8,9). The Kier molecular flexibility index (Phi) is 6.18. The SMILES string of the molecule is CCOC(=O)CSC=CC(=O)O. The monoisotopic (exact) mass is 190 g/mol. The van der Waals surface area contributed by atoms with Crippen molar-refractivity contribution in [2.45, 2.75) is 6.92 Å². The number of carbonyl (C=O) groups excluding carboxylic acids is 1. The summed E-state index contributed by atoms with van der Waals surface area (Å²) in [6.45, 7) is 2.07. The van der Waals surface area contributed by atoms with Gasteiger partial charge in [0.25, 0.3) is 0 Å². The first-order valence-corrected chi connectivity index (χ1v) is 4.38. The van der Waals surface area contributed by atoms with Crippen LogP contribution >= 0.6 is 11.8 Å². The minimum absolute atomic E-state index is 0.150. The first kappa shape index (κ1) is 11.0. The van der Waals surface area contributed by atoms with Gasteiger partial charge in [-0.05, 0) is 12.3 Å². The van der Waals surface area contributed by atoms with Crippen molar-refractivity contribution in [2.75, 3.05) is 12.4 Å². The van der Waals surface area contributed by atoms with Gasteiger partial charge in [0.05, 0.1) is 12.4 Å². The van der Waals surface area contributed by atoms with Crippen LogP contribution in [-0.4, -0.2) is 29.4 Å². The summed E-state index contributed by atoms with van der Waals surface area (Å²) >= 11 is 1.09. The molecule has 4 nitrogen and oxygen atoms in total. The summed E-state index contributed by atoms with van der Waals surface area (Å²) in [4.78, 5) is 20.6. The quantitative estimate of drug-likeness (QED) is 0.515. The van der Waals surface area contributed by atoms with Crippen molar-refractivity contribution in [3.05, 3.63) is 11.5 Å². The number of ether oxygens (including phenoxy) is 1. The van der Waals surface area contributed by atoms with Gasteiger partial charge in [-0.2, -0.15) is 0 Å². The first-order valence-electron chi connectivity index (χ1n) is 3.33. The number of esters is 1. The average molecular weight is 190 g/mol. The lowest BCUT2D eigenvalue weighted by Gasteiger charge is -1.97. The lowest BCUT2D eigenvalue weighted by atomic mass is 10.7. The lowest BCUT2D eigenvalue weighted by Crippen LogP contribution is -2.05. The average Bonchev–Trinajstić information content (AvgIpc) is 1.98. The fraction of sp³-hybridized carbons (Fsp3) is 0.429. The van der Waals surface area contributed by atoms with Crippen LogP contribution in [0.1, 0.15) is 6.92 Å². The second-order valence-corrected chi connectivity index (χ2v) is 2.65. The van der Waals surface area contributed by atoms with Crippen LogP contribution in [0.15, 0.2) is 11.5 Å². The van der Waals surface area contributed by atoms with E-state index in [0.29, 0.717) is 6.61 Å². The highest BCUT2D eigenvalue weighted by molar-refractivity contribution is 8.02. The minimum Gasteiger partial charge on any atom is -0.478 e. The fourth-order valence-corrected chi connectivity index (χ4v) is 0.953. The number of carboxylic acids is 1.